The van der Waals surface area contributed by atoms with Gasteiger partial charge in [0.1, 0.15) is 29.5 Å². The SMILES string of the molecule is COc1ccc(OC)c(NC(=O)CN(c2ccc(OC)cc2OC)S(=O)(=O)c2ccccc2)c1. The molecule has 0 saturated carbocycles. The summed E-state index contributed by atoms with van der Waals surface area (Å²) in [5.41, 5.74) is 0.519. The van der Waals surface area contributed by atoms with E-state index in [0.29, 0.717) is 22.9 Å². The van der Waals surface area contributed by atoms with Crippen molar-refractivity contribution in [1.29, 1.82) is 0 Å². The summed E-state index contributed by atoms with van der Waals surface area (Å²) in [6.45, 7) is -0.527. The van der Waals surface area contributed by atoms with Crippen LogP contribution in [0.3, 0.4) is 0 Å². The molecule has 0 heterocycles. The first-order valence-corrected chi connectivity index (χ1v) is 11.6. The van der Waals surface area contributed by atoms with E-state index in [1.165, 1.54) is 46.6 Å². The van der Waals surface area contributed by atoms with Crippen molar-refractivity contribution in [3.63, 3.8) is 0 Å². The molecule has 0 aliphatic heterocycles. The van der Waals surface area contributed by atoms with Gasteiger partial charge in [0.2, 0.25) is 5.91 Å². The summed E-state index contributed by atoms with van der Waals surface area (Å²) in [5, 5.41) is 2.70. The summed E-state index contributed by atoms with van der Waals surface area (Å²) < 4.78 is 49.3. The number of nitrogens with one attached hydrogen (secondary N) is 1. The van der Waals surface area contributed by atoms with Gasteiger partial charge in [0, 0.05) is 12.1 Å². The van der Waals surface area contributed by atoms with Crippen LogP contribution in [0, 0.1) is 0 Å². The number of benzene rings is 3. The van der Waals surface area contributed by atoms with E-state index in [0.717, 1.165) is 4.31 Å². The molecule has 0 radical (unpaired) electrons. The van der Waals surface area contributed by atoms with Crippen LogP contribution in [-0.4, -0.2) is 49.3 Å². The molecule has 9 nitrogen and oxygen atoms in total. The van der Waals surface area contributed by atoms with E-state index >= 15 is 0 Å². The molecule has 0 unspecified atom stereocenters. The Morgan fingerprint density at radius 3 is 2.03 bits per heavy atom. The van der Waals surface area contributed by atoms with E-state index in [1.54, 1.807) is 48.5 Å². The van der Waals surface area contributed by atoms with Gasteiger partial charge in [0.15, 0.2) is 0 Å². The maximum Gasteiger partial charge on any atom is 0.264 e. The van der Waals surface area contributed by atoms with Gasteiger partial charge < -0.3 is 24.3 Å². The molecule has 3 rings (SSSR count). The number of carbonyl (C=O) groups excluding carboxylic acids is 1. The molecule has 0 aromatic heterocycles. The highest BCUT2D eigenvalue weighted by Crippen LogP contribution is 2.36. The number of nitrogens with zero attached hydrogens (tertiary/aromatic N) is 1. The Hall–Kier alpha value is -3.92. The lowest BCUT2D eigenvalue weighted by Gasteiger charge is -2.26. The van der Waals surface area contributed by atoms with Crippen molar-refractivity contribution < 1.29 is 32.2 Å². The van der Waals surface area contributed by atoms with Crippen LogP contribution in [-0.2, 0) is 14.8 Å². The molecule has 0 bridgehead atoms. The van der Waals surface area contributed by atoms with Gasteiger partial charge in [-0.05, 0) is 36.4 Å². The summed E-state index contributed by atoms with van der Waals surface area (Å²) in [7, 11) is 1.73. The van der Waals surface area contributed by atoms with Gasteiger partial charge in [-0.1, -0.05) is 18.2 Å². The van der Waals surface area contributed by atoms with Gasteiger partial charge in [0.05, 0.1) is 44.7 Å². The van der Waals surface area contributed by atoms with Gasteiger partial charge in [-0.15, -0.1) is 0 Å². The topological polar surface area (TPSA) is 103 Å². The van der Waals surface area contributed by atoms with Crippen LogP contribution in [0.2, 0.25) is 0 Å². The second kappa shape index (κ2) is 10.8. The van der Waals surface area contributed by atoms with Crippen LogP contribution in [0.4, 0.5) is 11.4 Å². The van der Waals surface area contributed by atoms with Crippen molar-refractivity contribution in [3.8, 4) is 23.0 Å². The highest BCUT2D eigenvalue weighted by atomic mass is 32.2. The Labute approximate surface area is 198 Å². The standard InChI is InChI=1S/C24H26N2O7S/c1-30-17-11-13-22(32-3)20(14-17)25-24(27)16-26(34(28,29)19-8-6-5-7-9-19)21-12-10-18(31-2)15-23(21)33-4/h5-15H,16H2,1-4H3,(H,25,27). The van der Waals surface area contributed by atoms with Gasteiger partial charge in [0.25, 0.3) is 10.0 Å². The van der Waals surface area contributed by atoms with E-state index < -0.39 is 22.5 Å². The monoisotopic (exact) mass is 486 g/mol. The molecule has 1 amide bonds. The van der Waals surface area contributed by atoms with Crippen molar-refractivity contribution in [2.24, 2.45) is 0 Å². The van der Waals surface area contributed by atoms with E-state index in [9.17, 15) is 13.2 Å². The predicted octanol–water partition coefficient (Wildman–Crippen LogP) is 3.56. The molecule has 1 N–H and O–H groups in total. The number of rotatable bonds is 10. The first-order valence-electron chi connectivity index (χ1n) is 10.2. The minimum absolute atomic E-state index is 0.0274. The Morgan fingerprint density at radius 1 is 0.794 bits per heavy atom. The normalized spacial score (nSPS) is 10.8. The fourth-order valence-electron chi connectivity index (χ4n) is 3.24. The van der Waals surface area contributed by atoms with Crippen molar-refractivity contribution in [1.82, 2.24) is 0 Å². The lowest BCUT2D eigenvalue weighted by molar-refractivity contribution is -0.114. The molecular weight excluding hydrogens is 460 g/mol. The largest absolute Gasteiger partial charge is 0.497 e. The zero-order valence-electron chi connectivity index (χ0n) is 19.3. The zero-order chi connectivity index (χ0) is 24.7. The molecule has 34 heavy (non-hydrogen) atoms. The molecule has 0 aliphatic carbocycles. The van der Waals surface area contributed by atoms with Crippen molar-refractivity contribution in [3.05, 3.63) is 66.7 Å². The maximum absolute atomic E-state index is 13.6. The molecule has 0 atom stereocenters. The average Bonchev–Trinajstić information content (AvgIpc) is 2.87. The number of ether oxygens (including phenoxy) is 4. The van der Waals surface area contributed by atoms with Crippen LogP contribution in [0.15, 0.2) is 71.6 Å². The molecule has 10 heteroatoms. The second-order valence-electron chi connectivity index (χ2n) is 6.98. The fourth-order valence-corrected chi connectivity index (χ4v) is 4.69. The lowest BCUT2D eigenvalue weighted by Crippen LogP contribution is -2.38. The fraction of sp³-hybridized carbons (Fsp3) is 0.208. The molecule has 0 aliphatic rings. The van der Waals surface area contributed by atoms with Crippen LogP contribution in [0.5, 0.6) is 23.0 Å². The van der Waals surface area contributed by atoms with E-state index in [-0.39, 0.29) is 16.3 Å². The van der Waals surface area contributed by atoms with Crippen LogP contribution < -0.4 is 28.6 Å². The molecule has 3 aromatic carbocycles. The molecule has 180 valence electrons. The third-order valence-electron chi connectivity index (χ3n) is 4.95. The van der Waals surface area contributed by atoms with Crippen molar-refractivity contribution in [2.45, 2.75) is 4.90 Å². The molecule has 0 spiro atoms. The Kier molecular flexibility index (Phi) is 7.85. The Morgan fingerprint density at radius 2 is 1.41 bits per heavy atom. The number of hydrogen-bond donors (Lipinski definition) is 1. The van der Waals surface area contributed by atoms with E-state index in [2.05, 4.69) is 5.32 Å². The first kappa shape index (κ1) is 24.7. The number of methoxy groups -OCH3 is 4. The number of amides is 1. The average molecular weight is 487 g/mol. The smallest absolute Gasteiger partial charge is 0.264 e. The van der Waals surface area contributed by atoms with Gasteiger partial charge in [-0.25, -0.2) is 8.42 Å². The Balaban J connectivity index is 2.03. The summed E-state index contributed by atoms with van der Waals surface area (Å²) in [6.07, 6.45) is 0. The highest BCUT2D eigenvalue weighted by molar-refractivity contribution is 7.92. The van der Waals surface area contributed by atoms with Gasteiger partial charge >= 0.3 is 0 Å². The number of sulfonamides is 1. The minimum Gasteiger partial charge on any atom is -0.497 e. The van der Waals surface area contributed by atoms with E-state index in [1.807, 2.05) is 0 Å². The van der Waals surface area contributed by atoms with Gasteiger partial charge in [-0.2, -0.15) is 0 Å². The predicted molar refractivity (Wildman–Crippen MR) is 129 cm³/mol. The Bertz CT molecular complexity index is 1250. The van der Waals surface area contributed by atoms with Gasteiger partial charge in [-0.3, -0.25) is 9.10 Å². The lowest BCUT2D eigenvalue weighted by atomic mass is 10.2. The van der Waals surface area contributed by atoms with Crippen LogP contribution >= 0.6 is 0 Å². The first-order chi connectivity index (χ1) is 16.3. The molecule has 0 fully saturated rings. The quantitative estimate of drug-likeness (QED) is 0.467. The molecule has 0 saturated heterocycles. The third-order valence-corrected chi connectivity index (χ3v) is 6.73. The maximum atomic E-state index is 13.6. The van der Waals surface area contributed by atoms with Crippen LogP contribution in [0.1, 0.15) is 0 Å². The number of hydrogen-bond acceptors (Lipinski definition) is 7. The molecular formula is C24H26N2O7S. The minimum atomic E-state index is -4.13. The summed E-state index contributed by atoms with van der Waals surface area (Å²) in [6, 6.07) is 17.4. The zero-order valence-corrected chi connectivity index (χ0v) is 20.1. The highest BCUT2D eigenvalue weighted by Gasteiger charge is 2.30. The van der Waals surface area contributed by atoms with Crippen molar-refractivity contribution in [2.75, 3.05) is 44.6 Å². The van der Waals surface area contributed by atoms with Crippen molar-refractivity contribution >= 4 is 27.3 Å². The van der Waals surface area contributed by atoms with E-state index in [4.69, 9.17) is 18.9 Å². The third kappa shape index (κ3) is 5.34. The second-order valence-corrected chi connectivity index (χ2v) is 8.84. The molecule has 3 aromatic rings. The number of carbonyl (C=O) groups is 1. The summed E-state index contributed by atoms with van der Waals surface area (Å²) in [5.74, 6) is 1.01. The van der Waals surface area contributed by atoms with Crippen LogP contribution in [0.25, 0.3) is 0 Å². The summed E-state index contributed by atoms with van der Waals surface area (Å²) in [4.78, 5) is 13.1. The number of anilines is 2. The summed E-state index contributed by atoms with van der Waals surface area (Å²) >= 11 is 0.